The van der Waals surface area contributed by atoms with Crippen LogP contribution in [-0.4, -0.2) is 48.7 Å². The van der Waals surface area contributed by atoms with Crippen LogP contribution in [0.1, 0.15) is 13.3 Å². The number of nitrogens with zero attached hydrogens (tertiary/aromatic N) is 1. The van der Waals surface area contributed by atoms with Crippen LogP contribution in [0.15, 0.2) is 12.7 Å². The van der Waals surface area contributed by atoms with Crippen molar-refractivity contribution in [3.63, 3.8) is 0 Å². The second-order valence-corrected chi connectivity index (χ2v) is 3.02. The van der Waals surface area contributed by atoms with E-state index in [2.05, 4.69) is 11.9 Å². The molecule has 0 aliphatic rings. The van der Waals surface area contributed by atoms with Gasteiger partial charge in [-0.15, -0.1) is 6.58 Å². The van der Waals surface area contributed by atoms with Crippen molar-refractivity contribution in [3.8, 4) is 0 Å². The van der Waals surface area contributed by atoms with Gasteiger partial charge >= 0.3 is 0 Å². The first kappa shape index (κ1) is 13.1. The van der Waals surface area contributed by atoms with Gasteiger partial charge in [-0.25, -0.2) is 0 Å². The molecule has 2 N–H and O–H groups in total. The van der Waals surface area contributed by atoms with Crippen molar-refractivity contribution in [2.24, 2.45) is 0 Å². The van der Waals surface area contributed by atoms with Gasteiger partial charge in [0.15, 0.2) is 0 Å². The molecule has 4 heteroatoms. The number of aliphatic hydroxyl groups is 1. The molecule has 14 heavy (non-hydrogen) atoms. The van der Waals surface area contributed by atoms with Gasteiger partial charge in [-0.3, -0.25) is 4.79 Å². The standard InChI is InChI=1S/C10H20N2O2/c1-3-5-11-9-10(14)12(6-4-2)7-8-13/h3,11,13H,1,4-9H2,2H3. The highest BCUT2D eigenvalue weighted by molar-refractivity contribution is 5.78. The molecule has 82 valence electrons. The third-order valence-electron chi connectivity index (χ3n) is 1.78. The van der Waals surface area contributed by atoms with E-state index in [1.54, 1.807) is 11.0 Å². The number of hydrogen-bond acceptors (Lipinski definition) is 3. The van der Waals surface area contributed by atoms with Crippen LogP contribution in [0.5, 0.6) is 0 Å². The van der Waals surface area contributed by atoms with Crippen LogP contribution in [0.4, 0.5) is 0 Å². The lowest BCUT2D eigenvalue weighted by Gasteiger charge is -2.20. The Bertz CT molecular complexity index is 166. The average Bonchev–Trinajstić information content (AvgIpc) is 2.18. The minimum absolute atomic E-state index is 0.0210. The van der Waals surface area contributed by atoms with E-state index in [0.29, 0.717) is 26.2 Å². The van der Waals surface area contributed by atoms with Crippen LogP contribution in [0.3, 0.4) is 0 Å². The van der Waals surface area contributed by atoms with Crippen molar-refractivity contribution < 1.29 is 9.90 Å². The van der Waals surface area contributed by atoms with Crippen LogP contribution >= 0.6 is 0 Å². The number of amides is 1. The predicted molar refractivity (Wildman–Crippen MR) is 57.0 cm³/mol. The van der Waals surface area contributed by atoms with Crippen molar-refractivity contribution in [2.75, 3.05) is 32.8 Å². The van der Waals surface area contributed by atoms with Crippen molar-refractivity contribution in [1.29, 1.82) is 0 Å². The smallest absolute Gasteiger partial charge is 0.236 e. The molecule has 0 radical (unpaired) electrons. The maximum absolute atomic E-state index is 11.5. The van der Waals surface area contributed by atoms with Crippen molar-refractivity contribution in [3.05, 3.63) is 12.7 Å². The largest absolute Gasteiger partial charge is 0.395 e. The molecule has 0 aromatic heterocycles. The zero-order chi connectivity index (χ0) is 10.8. The third-order valence-corrected chi connectivity index (χ3v) is 1.78. The van der Waals surface area contributed by atoms with Gasteiger partial charge < -0.3 is 15.3 Å². The molecule has 0 bridgehead atoms. The Kier molecular flexibility index (Phi) is 8.17. The molecule has 0 unspecified atom stereocenters. The minimum Gasteiger partial charge on any atom is -0.395 e. The molecule has 0 fully saturated rings. The number of carbonyl (C=O) groups excluding carboxylic acids is 1. The van der Waals surface area contributed by atoms with Crippen LogP contribution < -0.4 is 5.32 Å². The van der Waals surface area contributed by atoms with E-state index < -0.39 is 0 Å². The van der Waals surface area contributed by atoms with E-state index in [1.807, 2.05) is 6.92 Å². The highest BCUT2D eigenvalue weighted by atomic mass is 16.3. The zero-order valence-corrected chi connectivity index (χ0v) is 8.83. The molecule has 1 amide bonds. The Labute approximate surface area is 85.6 Å². The summed E-state index contributed by atoms with van der Waals surface area (Å²) < 4.78 is 0. The second-order valence-electron chi connectivity index (χ2n) is 3.02. The summed E-state index contributed by atoms with van der Waals surface area (Å²) in [5, 5.41) is 11.7. The summed E-state index contributed by atoms with van der Waals surface area (Å²) in [7, 11) is 0. The first-order valence-corrected chi connectivity index (χ1v) is 4.96. The number of nitrogens with one attached hydrogen (secondary N) is 1. The molecule has 0 aliphatic heterocycles. The first-order chi connectivity index (χ1) is 6.76. The molecular weight excluding hydrogens is 180 g/mol. The Morgan fingerprint density at radius 3 is 2.79 bits per heavy atom. The van der Waals surface area contributed by atoms with E-state index >= 15 is 0 Å². The van der Waals surface area contributed by atoms with Crippen molar-refractivity contribution >= 4 is 5.91 Å². The highest BCUT2D eigenvalue weighted by Gasteiger charge is 2.10. The molecule has 0 aliphatic carbocycles. The van der Waals surface area contributed by atoms with Crippen LogP contribution in [0, 0.1) is 0 Å². The predicted octanol–water partition coefficient (Wildman–Crippen LogP) is -0.00710. The lowest BCUT2D eigenvalue weighted by Crippen LogP contribution is -2.40. The van der Waals surface area contributed by atoms with Gasteiger partial charge in [0.05, 0.1) is 13.2 Å². The van der Waals surface area contributed by atoms with E-state index in [1.165, 1.54) is 0 Å². The van der Waals surface area contributed by atoms with Gasteiger partial charge in [-0.1, -0.05) is 13.0 Å². The Morgan fingerprint density at radius 1 is 1.57 bits per heavy atom. The minimum atomic E-state index is 0.0210. The van der Waals surface area contributed by atoms with Gasteiger partial charge in [-0.05, 0) is 6.42 Å². The SMILES string of the molecule is C=CCNCC(=O)N(CCC)CCO. The van der Waals surface area contributed by atoms with E-state index in [-0.39, 0.29) is 12.5 Å². The first-order valence-electron chi connectivity index (χ1n) is 4.96. The molecule has 0 saturated heterocycles. The number of hydrogen-bond donors (Lipinski definition) is 2. The fraction of sp³-hybridized carbons (Fsp3) is 0.700. The Morgan fingerprint density at radius 2 is 2.29 bits per heavy atom. The summed E-state index contributed by atoms with van der Waals surface area (Å²) in [5.41, 5.74) is 0. The average molecular weight is 200 g/mol. The summed E-state index contributed by atoms with van der Waals surface area (Å²) >= 11 is 0. The number of aliphatic hydroxyl groups excluding tert-OH is 1. The Balaban J connectivity index is 3.81. The molecule has 4 nitrogen and oxygen atoms in total. The summed E-state index contributed by atoms with van der Waals surface area (Å²) in [6.07, 6.45) is 2.62. The van der Waals surface area contributed by atoms with Gasteiger partial charge in [-0.2, -0.15) is 0 Å². The Hall–Kier alpha value is -0.870. The summed E-state index contributed by atoms with van der Waals surface area (Å²) in [5.74, 6) is 0.0303. The van der Waals surface area contributed by atoms with Crippen molar-refractivity contribution in [2.45, 2.75) is 13.3 Å². The second kappa shape index (κ2) is 8.72. The maximum atomic E-state index is 11.5. The molecule has 0 aromatic carbocycles. The van der Waals surface area contributed by atoms with Gasteiger partial charge in [0, 0.05) is 19.6 Å². The van der Waals surface area contributed by atoms with Crippen LogP contribution in [-0.2, 0) is 4.79 Å². The van der Waals surface area contributed by atoms with Gasteiger partial charge in [0.1, 0.15) is 0 Å². The maximum Gasteiger partial charge on any atom is 0.236 e. The fourth-order valence-electron chi connectivity index (χ4n) is 1.14. The number of rotatable bonds is 8. The van der Waals surface area contributed by atoms with Crippen LogP contribution in [0.25, 0.3) is 0 Å². The molecule has 0 spiro atoms. The molecular formula is C10H20N2O2. The van der Waals surface area contributed by atoms with E-state index in [4.69, 9.17) is 5.11 Å². The summed E-state index contributed by atoms with van der Waals surface area (Å²) in [6.45, 7) is 7.64. The normalized spacial score (nSPS) is 9.86. The molecule has 0 saturated carbocycles. The lowest BCUT2D eigenvalue weighted by molar-refractivity contribution is -0.130. The monoisotopic (exact) mass is 200 g/mol. The molecule has 0 atom stereocenters. The van der Waals surface area contributed by atoms with Crippen molar-refractivity contribution in [1.82, 2.24) is 10.2 Å². The van der Waals surface area contributed by atoms with E-state index in [9.17, 15) is 4.79 Å². The van der Waals surface area contributed by atoms with Gasteiger partial charge in [0.2, 0.25) is 5.91 Å². The summed E-state index contributed by atoms with van der Waals surface area (Å²) in [4.78, 5) is 13.2. The fourth-order valence-corrected chi connectivity index (χ4v) is 1.14. The van der Waals surface area contributed by atoms with Gasteiger partial charge in [0.25, 0.3) is 0 Å². The zero-order valence-electron chi connectivity index (χ0n) is 8.83. The number of carbonyl (C=O) groups is 1. The van der Waals surface area contributed by atoms with E-state index in [0.717, 1.165) is 6.42 Å². The highest BCUT2D eigenvalue weighted by Crippen LogP contribution is 1.91. The quantitative estimate of drug-likeness (QED) is 0.428. The topological polar surface area (TPSA) is 52.6 Å². The third kappa shape index (κ3) is 5.72. The molecule has 0 rings (SSSR count). The lowest BCUT2D eigenvalue weighted by atomic mass is 10.3. The summed E-state index contributed by atoms with van der Waals surface area (Å²) in [6, 6.07) is 0. The van der Waals surface area contributed by atoms with Crippen LogP contribution in [0.2, 0.25) is 0 Å². The molecule has 0 heterocycles. The molecule has 0 aromatic rings.